The highest BCUT2D eigenvalue weighted by molar-refractivity contribution is 4.85. The first-order valence-electron chi connectivity index (χ1n) is 6.86. The molecule has 8 atom stereocenters. The van der Waals surface area contributed by atoms with Crippen LogP contribution in [0, 0.1) is 0 Å². The Balaban J connectivity index is 1.92. The van der Waals surface area contributed by atoms with Gasteiger partial charge in [-0.3, -0.25) is 0 Å². The van der Waals surface area contributed by atoms with Crippen molar-refractivity contribution in [1.82, 2.24) is 0 Å². The molecule has 2 aliphatic rings. The van der Waals surface area contributed by atoms with Crippen LogP contribution in [0.15, 0.2) is 0 Å². The molecule has 6 N–H and O–H groups in total. The van der Waals surface area contributed by atoms with E-state index in [0.29, 0.717) is 0 Å². The molecule has 0 saturated carbocycles. The zero-order valence-electron chi connectivity index (χ0n) is 11.4. The average Bonchev–Trinajstić information content (AvgIpc) is 2.46. The van der Waals surface area contributed by atoms with E-state index in [9.17, 15) is 20.4 Å². The lowest BCUT2D eigenvalue weighted by Crippen LogP contribution is -2.54. The molecule has 1 unspecified atom stereocenters. The molecule has 9 heteroatoms. The summed E-state index contributed by atoms with van der Waals surface area (Å²) in [6.07, 6.45) is -8.54. The second-order valence-corrected chi connectivity index (χ2v) is 5.30. The Morgan fingerprint density at radius 2 is 1.14 bits per heavy atom. The van der Waals surface area contributed by atoms with Gasteiger partial charge in [0.05, 0.1) is 25.4 Å². The quantitative estimate of drug-likeness (QED) is 0.313. The smallest absolute Gasteiger partial charge is 0.163 e. The fraction of sp³-hybridized carbons (Fsp3) is 1.00. The minimum Gasteiger partial charge on any atom is -0.394 e. The standard InChI is InChI=1S/C12H22O9/c13-3-7-11(17)5(15)1-9(19-7)21-10-2-6(16)12(18)8(4-14)20-10/h5-18H,1-4H2/t5-,6-,7-,8-,9+,10?,11+,12+/m1/s1. The monoisotopic (exact) mass is 310 g/mol. The number of hydrogen-bond donors (Lipinski definition) is 6. The van der Waals surface area contributed by atoms with Crippen molar-refractivity contribution in [3.8, 4) is 0 Å². The summed E-state index contributed by atoms with van der Waals surface area (Å²) in [5, 5.41) is 56.7. The summed E-state index contributed by atoms with van der Waals surface area (Å²) in [4.78, 5) is 0. The van der Waals surface area contributed by atoms with Crippen molar-refractivity contribution in [3.05, 3.63) is 0 Å². The topological polar surface area (TPSA) is 149 Å². The van der Waals surface area contributed by atoms with E-state index in [-0.39, 0.29) is 12.8 Å². The van der Waals surface area contributed by atoms with Gasteiger partial charge in [-0.2, -0.15) is 0 Å². The normalized spacial score (nSPS) is 48.3. The van der Waals surface area contributed by atoms with Crippen molar-refractivity contribution in [1.29, 1.82) is 0 Å². The van der Waals surface area contributed by atoms with E-state index < -0.39 is 62.4 Å². The summed E-state index contributed by atoms with van der Waals surface area (Å²) >= 11 is 0. The maximum atomic E-state index is 9.68. The molecule has 0 aromatic heterocycles. The molecule has 2 fully saturated rings. The predicted molar refractivity (Wildman–Crippen MR) is 65.8 cm³/mol. The second-order valence-electron chi connectivity index (χ2n) is 5.30. The van der Waals surface area contributed by atoms with Gasteiger partial charge in [-0.15, -0.1) is 0 Å². The Hall–Kier alpha value is -0.360. The lowest BCUT2D eigenvalue weighted by Gasteiger charge is -2.40. The summed E-state index contributed by atoms with van der Waals surface area (Å²) in [6.45, 7) is -0.964. The minimum atomic E-state index is -1.21. The molecule has 0 aliphatic carbocycles. The van der Waals surface area contributed by atoms with Gasteiger partial charge in [0.25, 0.3) is 0 Å². The molecule has 2 heterocycles. The Morgan fingerprint density at radius 3 is 1.48 bits per heavy atom. The summed E-state index contributed by atoms with van der Waals surface area (Å²) in [6, 6.07) is 0. The Morgan fingerprint density at radius 1 is 0.762 bits per heavy atom. The maximum absolute atomic E-state index is 9.68. The van der Waals surface area contributed by atoms with Crippen molar-refractivity contribution >= 4 is 0 Å². The highest BCUT2D eigenvalue weighted by atomic mass is 16.8. The van der Waals surface area contributed by atoms with Crippen LogP contribution in [0.5, 0.6) is 0 Å². The summed E-state index contributed by atoms with van der Waals surface area (Å²) < 4.78 is 16.0. The van der Waals surface area contributed by atoms with Crippen LogP contribution in [0.3, 0.4) is 0 Å². The molecule has 21 heavy (non-hydrogen) atoms. The molecule has 0 bridgehead atoms. The van der Waals surface area contributed by atoms with Crippen molar-refractivity contribution in [2.24, 2.45) is 0 Å². The van der Waals surface area contributed by atoms with Gasteiger partial charge in [0.1, 0.15) is 24.4 Å². The molecule has 2 rings (SSSR count). The van der Waals surface area contributed by atoms with Crippen molar-refractivity contribution in [3.63, 3.8) is 0 Å². The zero-order chi connectivity index (χ0) is 15.6. The molecule has 124 valence electrons. The first-order chi connectivity index (χ1) is 9.96. The van der Waals surface area contributed by atoms with Crippen molar-refractivity contribution < 1.29 is 44.8 Å². The predicted octanol–water partition coefficient (Wildman–Crippen LogP) is -3.34. The lowest BCUT2D eigenvalue weighted by atomic mass is 10.0. The minimum absolute atomic E-state index is 0.0278. The van der Waals surface area contributed by atoms with Crippen LogP contribution in [-0.4, -0.2) is 93.1 Å². The van der Waals surface area contributed by atoms with Crippen LogP contribution < -0.4 is 0 Å². The van der Waals surface area contributed by atoms with Crippen LogP contribution in [0.4, 0.5) is 0 Å². The summed E-state index contributed by atoms with van der Waals surface area (Å²) in [7, 11) is 0. The van der Waals surface area contributed by atoms with Gasteiger partial charge >= 0.3 is 0 Å². The van der Waals surface area contributed by atoms with Crippen molar-refractivity contribution in [2.45, 2.75) is 62.0 Å². The Labute approximate surface area is 121 Å². The van der Waals surface area contributed by atoms with Gasteiger partial charge < -0.3 is 44.8 Å². The van der Waals surface area contributed by atoms with Crippen LogP contribution in [0.2, 0.25) is 0 Å². The Kier molecular flexibility index (Phi) is 5.88. The fourth-order valence-corrected chi connectivity index (χ4v) is 2.48. The number of aliphatic hydroxyl groups is 6. The van der Waals surface area contributed by atoms with Gasteiger partial charge in [-0.25, -0.2) is 0 Å². The van der Waals surface area contributed by atoms with Gasteiger partial charge in [-0.05, 0) is 0 Å². The first kappa shape index (κ1) is 17.0. The van der Waals surface area contributed by atoms with Gasteiger partial charge in [0, 0.05) is 12.8 Å². The van der Waals surface area contributed by atoms with E-state index in [1.54, 1.807) is 0 Å². The highest BCUT2D eigenvalue weighted by Gasteiger charge is 2.41. The van der Waals surface area contributed by atoms with E-state index >= 15 is 0 Å². The second kappa shape index (κ2) is 7.27. The van der Waals surface area contributed by atoms with Gasteiger partial charge in [0.2, 0.25) is 0 Å². The third kappa shape index (κ3) is 3.89. The number of ether oxygens (including phenoxy) is 3. The molecule has 0 aromatic carbocycles. The third-order valence-corrected chi connectivity index (χ3v) is 3.73. The number of hydrogen-bond acceptors (Lipinski definition) is 9. The molecule has 9 nitrogen and oxygen atoms in total. The molecular weight excluding hydrogens is 288 g/mol. The Bertz CT molecular complexity index is 298. The fourth-order valence-electron chi connectivity index (χ4n) is 2.48. The molecule has 0 radical (unpaired) electrons. The number of rotatable bonds is 4. The van der Waals surface area contributed by atoms with E-state index in [2.05, 4.69) is 0 Å². The van der Waals surface area contributed by atoms with E-state index in [1.165, 1.54) is 0 Å². The van der Waals surface area contributed by atoms with E-state index in [0.717, 1.165) is 0 Å². The van der Waals surface area contributed by atoms with Crippen LogP contribution in [0.25, 0.3) is 0 Å². The zero-order valence-corrected chi connectivity index (χ0v) is 11.4. The number of aliphatic hydroxyl groups excluding tert-OH is 6. The first-order valence-corrected chi connectivity index (χ1v) is 6.86. The van der Waals surface area contributed by atoms with E-state index in [1.807, 2.05) is 0 Å². The summed E-state index contributed by atoms with van der Waals surface area (Å²) in [5.41, 5.74) is 0. The van der Waals surface area contributed by atoms with E-state index in [4.69, 9.17) is 24.4 Å². The van der Waals surface area contributed by atoms with Crippen LogP contribution in [-0.2, 0) is 14.2 Å². The van der Waals surface area contributed by atoms with Crippen LogP contribution in [0.1, 0.15) is 12.8 Å². The molecule has 0 spiro atoms. The van der Waals surface area contributed by atoms with Gasteiger partial charge in [0.15, 0.2) is 12.6 Å². The molecule has 2 saturated heterocycles. The van der Waals surface area contributed by atoms with Crippen molar-refractivity contribution in [2.75, 3.05) is 13.2 Å². The molecule has 0 aromatic rings. The largest absolute Gasteiger partial charge is 0.394 e. The molecular formula is C12H22O9. The van der Waals surface area contributed by atoms with Crippen LogP contribution >= 0.6 is 0 Å². The maximum Gasteiger partial charge on any atom is 0.163 e. The molecule has 0 amide bonds. The lowest BCUT2D eigenvalue weighted by molar-refractivity contribution is -0.333. The average molecular weight is 310 g/mol. The van der Waals surface area contributed by atoms with Gasteiger partial charge in [-0.1, -0.05) is 0 Å². The summed E-state index contributed by atoms with van der Waals surface area (Å²) in [5.74, 6) is 0. The SMILES string of the molecule is OC[C@H]1OC(O[C@H]2C[C@@H](O)[C@H](O)[C@@H](CO)O2)C[C@@H](O)[C@@H]1O. The molecule has 2 aliphatic heterocycles. The highest BCUT2D eigenvalue weighted by Crippen LogP contribution is 2.27. The third-order valence-electron chi connectivity index (χ3n) is 3.73.